The Kier molecular flexibility index (Phi) is 6.42. The molecule has 120 valence electrons. The number of nitrogens with two attached hydrogens (primary N) is 2. The molecule has 2 heteroatoms. The van der Waals surface area contributed by atoms with Crippen molar-refractivity contribution in [1.29, 1.82) is 0 Å². The molecule has 0 saturated heterocycles. The normalized spacial score (nSPS) is 15.3. The largest absolute Gasteiger partial charge is 0.330 e. The first-order valence-corrected chi connectivity index (χ1v) is 8.29. The van der Waals surface area contributed by atoms with Gasteiger partial charge in [0.05, 0.1) is 0 Å². The quantitative estimate of drug-likeness (QED) is 0.837. The average Bonchev–Trinajstić information content (AvgIpc) is 2.45. The Bertz CT molecular complexity index is 441. The lowest BCUT2D eigenvalue weighted by molar-refractivity contribution is 0.327. The molecular weight excluding hydrogens is 256 g/mol. The summed E-state index contributed by atoms with van der Waals surface area (Å²) in [6.07, 6.45) is 1.08. The van der Waals surface area contributed by atoms with Crippen LogP contribution in [-0.4, -0.2) is 13.1 Å². The number of aryl methyl sites for hydroxylation is 1. The van der Waals surface area contributed by atoms with Crippen LogP contribution in [0.5, 0.6) is 0 Å². The SMILES string of the molecule is CCc1ccc(C(C)(C)C)cc1C(C)C(C)C(CN)CN. The second-order valence-corrected chi connectivity index (χ2v) is 7.40. The lowest BCUT2D eigenvalue weighted by Crippen LogP contribution is -2.32. The summed E-state index contributed by atoms with van der Waals surface area (Å²) in [5.74, 6) is 1.38. The zero-order valence-electron chi connectivity index (χ0n) is 14.7. The van der Waals surface area contributed by atoms with Crippen molar-refractivity contribution in [3.63, 3.8) is 0 Å². The maximum absolute atomic E-state index is 5.89. The van der Waals surface area contributed by atoms with E-state index in [2.05, 4.69) is 59.7 Å². The molecule has 0 fully saturated rings. The Morgan fingerprint density at radius 1 is 1.05 bits per heavy atom. The second-order valence-electron chi connectivity index (χ2n) is 7.40. The van der Waals surface area contributed by atoms with Crippen LogP contribution < -0.4 is 11.5 Å². The van der Waals surface area contributed by atoms with Crippen molar-refractivity contribution < 1.29 is 0 Å². The fourth-order valence-electron chi connectivity index (χ4n) is 3.02. The van der Waals surface area contributed by atoms with Gasteiger partial charge in [0.2, 0.25) is 0 Å². The molecule has 0 aliphatic rings. The van der Waals surface area contributed by atoms with Gasteiger partial charge in [-0.15, -0.1) is 0 Å². The Hall–Kier alpha value is -0.860. The zero-order valence-corrected chi connectivity index (χ0v) is 14.7. The van der Waals surface area contributed by atoms with Crippen LogP contribution in [0.4, 0.5) is 0 Å². The Morgan fingerprint density at radius 2 is 1.62 bits per heavy atom. The summed E-state index contributed by atoms with van der Waals surface area (Å²) >= 11 is 0. The van der Waals surface area contributed by atoms with E-state index in [1.54, 1.807) is 0 Å². The van der Waals surface area contributed by atoms with Gasteiger partial charge in [0.15, 0.2) is 0 Å². The van der Waals surface area contributed by atoms with Gasteiger partial charge >= 0.3 is 0 Å². The maximum atomic E-state index is 5.89. The molecule has 0 saturated carbocycles. The summed E-state index contributed by atoms with van der Waals surface area (Å²) in [4.78, 5) is 0. The van der Waals surface area contributed by atoms with E-state index < -0.39 is 0 Å². The lowest BCUT2D eigenvalue weighted by atomic mass is 9.76. The first kappa shape index (κ1) is 18.2. The highest BCUT2D eigenvalue weighted by Gasteiger charge is 2.25. The molecule has 0 heterocycles. The van der Waals surface area contributed by atoms with Gasteiger partial charge in [-0.05, 0) is 59.4 Å². The minimum absolute atomic E-state index is 0.186. The van der Waals surface area contributed by atoms with Gasteiger partial charge in [-0.3, -0.25) is 0 Å². The number of rotatable bonds is 6. The maximum Gasteiger partial charge on any atom is -0.00340 e. The highest BCUT2D eigenvalue weighted by molar-refractivity contribution is 5.37. The number of hydrogen-bond donors (Lipinski definition) is 2. The molecule has 2 unspecified atom stereocenters. The van der Waals surface area contributed by atoms with E-state index in [0.717, 1.165) is 6.42 Å². The number of hydrogen-bond acceptors (Lipinski definition) is 2. The van der Waals surface area contributed by atoms with Gasteiger partial charge in [-0.25, -0.2) is 0 Å². The van der Waals surface area contributed by atoms with Crippen LogP contribution in [0.25, 0.3) is 0 Å². The van der Waals surface area contributed by atoms with E-state index in [9.17, 15) is 0 Å². The van der Waals surface area contributed by atoms with Crippen molar-refractivity contribution in [1.82, 2.24) is 0 Å². The van der Waals surface area contributed by atoms with Crippen molar-refractivity contribution in [2.45, 2.75) is 59.3 Å². The highest BCUT2D eigenvalue weighted by atomic mass is 14.6. The summed E-state index contributed by atoms with van der Waals surface area (Å²) < 4.78 is 0. The molecule has 4 N–H and O–H groups in total. The van der Waals surface area contributed by atoms with Gasteiger partial charge < -0.3 is 11.5 Å². The molecule has 0 spiro atoms. The Morgan fingerprint density at radius 3 is 2.05 bits per heavy atom. The fraction of sp³-hybridized carbons (Fsp3) is 0.684. The zero-order chi connectivity index (χ0) is 16.2. The van der Waals surface area contributed by atoms with Crippen LogP contribution in [0.15, 0.2) is 18.2 Å². The van der Waals surface area contributed by atoms with E-state index in [1.807, 2.05) is 0 Å². The average molecular weight is 290 g/mol. The first-order valence-electron chi connectivity index (χ1n) is 8.29. The van der Waals surface area contributed by atoms with Crippen LogP contribution in [0.2, 0.25) is 0 Å². The van der Waals surface area contributed by atoms with Crippen LogP contribution in [0.1, 0.15) is 64.2 Å². The summed E-state index contributed by atoms with van der Waals surface area (Å²) in [7, 11) is 0. The van der Waals surface area contributed by atoms with E-state index >= 15 is 0 Å². The predicted molar refractivity (Wildman–Crippen MR) is 93.7 cm³/mol. The van der Waals surface area contributed by atoms with Gasteiger partial charge in [0.1, 0.15) is 0 Å². The molecule has 0 aromatic heterocycles. The molecule has 0 aliphatic carbocycles. The Labute approximate surface area is 131 Å². The molecule has 1 aromatic carbocycles. The van der Waals surface area contributed by atoms with E-state index in [-0.39, 0.29) is 5.41 Å². The van der Waals surface area contributed by atoms with E-state index in [1.165, 1.54) is 16.7 Å². The van der Waals surface area contributed by atoms with Gasteiger partial charge in [0.25, 0.3) is 0 Å². The molecule has 1 rings (SSSR count). The van der Waals surface area contributed by atoms with Crippen LogP contribution in [0.3, 0.4) is 0 Å². The summed E-state index contributed by atoms with van der Waals surface area (Å²) in [5, 5.41) is 0. The molecule has 0 aliphatic heterocycles. The molecular formula is C19H34N2. The molecule has 1 aromatic rings. The van der Waals surface area contributed by atoms with Gasteiger partial charge in [-0.1, -0.05) is 59.7 Å². The monoisotopic (exact) mass is 290 g/mol. The summed E-state index contributed by atoms with van der Waals surface area (Å²) in [5.41, 5.74) is 16.3. The van der Waals surface area contributed by atoms with Gasteiger partial charge in [-0.2, -0.15) is 0 Å². The topological polar surface area (TPSA) is 52.0 Å². The predicted octanol–water partition coefficient (Wildman–Crippen LogP) is 3.82. The van der Waals surface area contributed by atoms with Crippen molar-refractivity contribution in [3.8, 4) is 0 Å². The minimum atomic E-state index is 0.186. The molecule has 0 radical (unpaired) electrons. The van der Waals surface area contributed by atoms with E-state index in [4.69, 9.17) is 11.5 Å². The van der Waals surface area contributed by atoms with Crippen LogP contribution in [0, 0.1) is 11.8 Å². The molecule has 0 bridgehead atoms. The standard InChI is InChI=1S/C19H34N2/c1-7-15-8-9-17(19(4,5)6)10-18(15)14(3)13(2)16(11-20)12-21/h8-10,13-14,16H,7,11-12,20-21H2,1-6H3. The third-order valence-corrected chi connectivity index (χ3v) is 5.02. The van der Waals surface area contributed by atoms with Crippen molar-refractivity contribution in [2.75, 3.05) is 13.1 Å². The molecule has 21 heavy (non-hydrogen) atoms. The fourth-order valence-corrected chi connectivity index (χ4v) is 3.02. The third kappa shape index (κ3) is 4.31. The molecule has 0 amide bonds. The molecule has 2 nitrogen and oxygen atoms in total. The first-order chi connectivity index (χ1) is 9.76. The smallest absolute Gasteiger partial charge is 0.00340 e. The summed E-state index contributed by atoms with van der Waals surface area (Å²) in [6.45, 7) is 15.0. The van der Waals surface area contributed by atoms with Crippen molar-refractivity contribution in [2.24, 2.45) is 23.3 Å². The Balaban J connectivity index is 3.20. The van der Waals surface area contributed by atoms with Crippen LogP contribution >= 0.6 is 0 Å². The lowest BCUT2D eigenvalue weighted by Gasteiger charge is -2.30. The van der Waals surface area contributed by atoms with Gasteiger partial charge in [0, 0.05) is 0 Å². The van der Waals surface area contributed by atoms with Crippen LogP contribution in [-0.2, 0) is 11.8 Å². The van der Waals surface area contributed by atoms with Crippen molar-refractivity contribution in [3.05, 3.63) is 34.9 Å². The third-order valence-electron chi connectivity index (χ3n) is 5.02. The second kappa shape index (κ2) is 7.42. The van der Waals surface area contributed by atoms with Crippen molar-refractivity contribution >= 4 is 0 Å². The number of benzene rings is 1. The molecule has 2 atom stereocenters. The summed E-state index contributed by atoms with van der Waals surface area (Å²) in [6, 6.07) is 6.99. The highest BCUT2D eigenvalue weighted by Crippen LogP contribution is 2.34. The minimum Gasteiger partial charge on any atom is -0.330 e. The van der Waals surface area contributed by atoms with E-state index in [0.29, 0.717) is 30.8 Å².